The second-order valence-corrected chi connectivity index (χ2v) is 8.78. The predicted molar refractivity (Wildman–Crippen MR) is 104 cm³/mol. The molecule has 1 aliphatic rings. The number of nitrogens with two attached hydrogens (primary N) is 1. The van der Waals surface area contributed by atoms with Gasteiger partial charge in [0.15, 0.2) is 5.69 Å². The van der Waals surface area contributed by atoms with Crippen molar-refractivity contribution in [2.75, 3.05) is 18.9 Å². The van der Waals surface area contributed by atoms with Crippen molar-refractivity contribution in [3.05, 3.63) is 47.1 Å². The fourth-order valence-corrected chi connectivity index (χ4v) is 3.94. The zero-order valence-corrected chi connectivity index (χ0v) is 16.4. The highest BCUT2D eigenvalue weighted by atomic mass is 32.2. The van der Waals surface area contributed by atoms with Crippen molar-refractivity contribution in [2.45, 2.75) is 31.6 Å². The minimum atomic E-state index is -0.476. The quantitative estimate of drug-likeness (QED) is 0.780. The lowest BCUT2D eigenvalue weighted by molar-refractivity contribution is 0.101. The Hall–Kier alpha value is -2.39. The molecule has 1 aromatic heterocycles. The summed E-state index contributed by atoms with van der Waals surface area (Å²) in [6.07, 6.45) is 0. The summed E-state index contributed by atoms with van der Waals surface area (Å²) >= 11 is 1.56. The van der Waals surface area contributed by atoms with Gasteiger partial charge in [0, 0.05) is 23.9 Å². The van der Waals surface area contributed by atoms with Gasteiger partial charge in [0.25, 0.3) is 5.91 Å². The molecule has 1 amide bonds. The van der Waals surface area contributed by atoms with Crippen LogP contribution >= 0.6 is 11.9 Å². The first-order valence-corrected chi connectivity index (χ1v) is 9.21. The number of hydrogen-bond acceptors (Lipinski definition) is 7. The van der Waals surface area contributed by atoms with Crippen LogP contribution < -0.4 is 11.1 Å². The van der Waals surface area contributed by atoms with E-state index in [1.165, 1.54) is 18.2 Å². The van der Waals surface area contributed by atoms with E-state index < -0.39 is 17.8 Å². The Balaban J connectivity index is 1.89. The van der Waals surface area contributed by atoms with E-state index in [0.29, 0.717) is 29.4 Å². The molecular formula is C18H22FN5O2S. The van der Waals surface area contributed by atoms with E-state index in [-0.39, 0.29) is 10.4 Å². The van der Waals surface area contributed by atoms with E-state index in [2.05, 4.69) is 15.5 Å². The van der Waals surface area contributed by atoms with Gasteiger partial charge in [0.05, 0.1) is 10.8 Å². The summed E-state index contributed by atoms with van der Waals surface area (Å²) in [6.45, 7) is 6.14. The van der Waals surface area contributed by atoms with Crippen LogP contribution in [-0.4, -0.2) is 39.5 Å². The number of aromatic nitrogens is 1. The van der Waals surface area contributed by atoms with Crippen LogP contribution in [0.3, 0.4) is 0 Å². The topological polar surface area (TPSA) is 96.8 Å². The van der Waals surface area contributed by atoms with E-state index in [4.69, 9.17) is 10.3 Å². The van der Waals surface area contributed by atoms with Gasteiger partial charge in [-0.05, 0) is 46.0 Å². The molecule has 0 fully saturated rings. The SMILES string of the molecule is Cc1cc(C(=O)Nc2ccc(F)c([C@@H]3CN(C)SC(C)(C)C(N)=N3)c2)no1. The Morgan fingerprint density at radius 3 is 2.85 bits per heavy atom. The summed E-state index contributed by atoms with van der Waals surface area (Å²) in [5, 5.41) is 6.39. The number of nitrogens with one attached hydrogen (secondary N) is 1. The number of aliphatic imine (C=N–C) groups is 1. The predicted octanol–water partition coefficient (Wildman–Crippen LogP) is 3.14. The molecule has 0 saturated heterocycles. The number of likely N-dealkylation sites (N-methyl/N-ethyl adjacent to an activating group) is 1. The van der Waals surface area contributed by atoms with Crippen molar-refractivity contribution in [1.29, 1.82) is 0 Å². The van der Waals surface area contributed by atoms with Crippen LogP contribution in [0.25, 0.3) is 0 Å². The molecule has 0 bridgehead atoms. The van der Waals surface area contributed by atoms with Gasteiger partial charge >= 0.3 is 0 Å². The number of carbonyl (C=O) groups excluding carboxylic acids is 1. The molecule has 0 saturated carbocycles. The number of benzene rings is 1. The Bertz CT molecular complexity index is 896. The number of amides is 1. The molecule has 2 heterocycles. The maximum Gasteiger partial charge on any atom is 0.277 e. The molecule has 2 aromatic rings. The Morgan fingerprint density at radius 2 is 2.19 bits per heavy atom. The van der Waals surface area contributed by atoms with E-state index in [1.54, 1.807) is 24.9 Å². The number of halogens is 1. The fraction of sp³-hybridized carbons (Fsp3) is 0.389. The minimum Gasteiger partial charge on any atom is -0.386 e. The van der Waals surface area contributed by atoms with Crippen molar-refractivity contribution < 1.29 is 13.7 Å². The average molecular weight is 391 g/mol. The van der Waals surface area contributed by atoms with Gasteiger partial charge in [-0.15, -0.1) is 0 Å². The summed E-state index contributed by atoms with van der Waals surface area (Å²) in [5.74, 6) is 0.159. The second kappa shape index (κ2) is 7.32. The van der Waals surface area contributed by atoms with Crippen molar-refractivity contribution in [2.24, 2.45) is 10.7 Å². The summed E-state index contributed by atoms with van der Waals surface area (Å²) < 4.78 is 21.0. The maximum absolute atomic E-state index is 14.5. The van der Waals surface area contributed by atoms with Crippen molar-refractivity contribution in [3.63, 3.8) is 0 Å². The van der Waals surface area contributed by atoms with Gasteiger partial charge < -0.3 is 15.6 Å². The molecule has 0 spiro atoms. The highest BCUT2D eigenvalue weighted by Gasteiger charge is 2.32. The third-order valence-electron chi connectivity index (χ3n) is 4.20. The smallest absolute Gasteiger partial charge is 0.277 e. The first-order valence-electron chi connectivity index (χ1n) is 8.44. The first kappa shape index (κ1) is 19.4. The van der Waals surface area contributed by atoms with Crippen LogP contribution in [0.15, 0.2) is 33.8 Å². The number of rotatable bonds is 3. The monoisotopic (exact) mass is 391 g/mol. The number of anilines is 1. The number of amidine groups is 1. The van der Waals surface area contributed by atoms with E-state index in [0.717, 1.165) is 0 Å². The second-order valence-electron chi connectivity index (χ2n) is 6.96. The number of hydrogen-bond donors (Lipinski definition) is 2. The van der Waals surface area contributed by atoms with Gasteiger partial charge in [-0.25, -0.2) is 4.39 Å². The van der Waals surface area contributed by atoms with Gasteiger partial charge in [0.2, 0.25) is 0 Å². The average Bonchev–Trinajstić information content (AvgIpc) is 2.97. The van der Waals surface area contributed by atoms with Crippen LogP contribution in [0.1, 0.15) is 41.7 Å². The van der Waals surface area contributed by atoms with Gasteiger partial charge in [0.1, 0.15) is 17.4 Å². The van der Waals surface area contributed by atoms with E-state index in [1.807, 2.05) is 25.2 Å². The molecular weight excluding hydrogens is 369 g/mol. The van der Waals surface area contributed by atoms with Crippen molar-refractivity contribution in [1.82, 2.24) is 9.46 Å². The van der Waals surface area contributed by atoms with Crippen molar-refractivity contribution >= 4 is 29.4 Å². The lowest BCUT2D eigenvalue weighted by Gasteiger charge is -2.25. The molecule has 3 N–H and O–H groups in total. The van der Waals surface area contributed by atoms with Gasteiger partial charge in [-0.3, -0.25) is 14.1 Å². The Morgan fingerprint density at radius 1 is 1.44 bits per heavy atom. The van der Waals surface area contributed by atoms with Crippen LogP contribution in [0.4, 0.5) is 10.1 Å². The molecule has 9 heteroatoms. The van der Waals surface area contributed by atoms with Crippen LogP contribution in [0, 0.1) is 12.7 Å². The zero-order valence-electron chi connectivity index (χ0n) is 15.6. The van der Waals surface area contributed by atoms with E-state index in [9.17, 15) is 9.18 Å². The zero-order chi connectivity index (χ0) is 19.8. The fourth-order valence-electron chi connectivity index (χ4n) is 2.79. The summed E-state index contributed by atoms with van der Waals surface area (Å²) in [4.78, 5) is 16.8. The molecule has 0 radical (unpaired) electrons. The molecule has 3 rings (SSSR count). The number of nitrogens with zero attached hydrogens (tertiary/aromatic N) is 3. The van der Waals surface area contributed by atoms with Gasteiger partial charge in [-0.2, -0.15) is 0 Å². The first-order chi connectivity index (χ1) is 12.7. The van der Waals surface area contributed by atoms with Crippen LogP contribution in [-0.2, 0) is 0 Å². The lowest BCUT2D eigenvalue weighted by atomic mass is 10.0. The summed E-state index contributed by atoms with van der Waals surface area (Å²) in [5.41, 5.74) is 7.12. The lowest BCUT2D eigenvalue weighted by Crippen LogP contribution is -2.36. The molecule has 1 aliphatic heterocycles. The van der Waals surface area contributed by atoms with Crippen LogP contribution in [0.5, 0.6) is 0 Å². The molecule has 7 nitrogen and oxygen atoms in total. The summed E-state index contributed by atoms with van der Waals surface area (Å²) in [7, 11) is 1.92. The summed E-state index contributed by atoms with van der Waals surface area (Å²) in [6, 6.07) is 5.45. The molecule has 1 aromatic carbocycles. The largest absolute Gasteiger partial charge is 0.386 e. The third-order valence-corrected chi connectivity index (χ3v) is 5.33. The molecule has 0 aliphatic carbocycles. The molecule has 144 valence electrons. The highest BCUT2D eigenvalue weighted by Crippen LogP contribution is 2.35. The van der Waals surface area contributed by atoms with Crippen molar-refractivity contribution in [3.8, 4) is 0 Å². The molecule has 0 unspecified atom stereocenters. The molecule has 27 heavy (non-hydrogen) atoms. The molecule has 1 atom stereocenters. The van der Waals surface area contributed by atoms with Crippen LogP contribution in [0.2, 0.25) is 0 Å². The Labute approximate surface area is 161 Å². The standard InChI is InChI=1S/C18H22FN5O2S/c1-10-7-14(23-26-10)16(25)21-11-5-6-13(19)12(8-11)15-9-24(4)27-18(2,3)17(20)22-15/h5-8,15H,9H2,1-4H3,(H2,20,22)(H,21,25)/t15-/m0/s1. The Kier molecular flexibility index (Phi) is 5.25. The van der Waals surface area contributed by atoms with E-state index >= 15 is 0 Å². The maximum atomic E-state index is 14.5. The van der Waals surface area contributed by atoms with Gasteiger partial charge in [-0.1, -0.05) is 17.1 Å². The minimum absolute atomic E-state index is 0.160. The highest BCUT2D eigenvalue weighted by molar-refractivity contribution is 7.99. The normalized spacial score (nSPS) is 20.0. The number of aryl methyl sites for hydroxylation is 1. The number of carbonyl (C=O) groups is 1. The third kappa shape index (κ3) is 4.30.